The molecule has 0 saturated carbocycles. The summed E-state index contributed by atoms with van der Waals surface area (Å²) < 4.78 is 0. The summed E-state index contributed by atoms with van der Waals surface area (Å²) in [6.07, 6.45) is 6.67. The first-order valence-corrected chi connectivity index (χ1v) is 8.74. The van der Waals surface area contributed by atoms with Gasteiger partial charge >= 0.3 is 0 Å². The second-order valence-electron chi connectivity index (χ2n) is 6.06. The van der Waals surface area contributed by atoms with E-state index in [0.29, 0.717) is 5.56 Å². The van der Waals surface area contributed by atoms with Crippen LogP contribution in [0, 0.1) is 0 Å². The van der Waals surface area contributed by atoms with E-state index >= 15 is 0 Å². The summed E-state index contributed by atoms with van der Waals surface area (Å²) in [6.45, 7) is 0. The summed E-state index contributed by atoms with van der Waals surface area (Å²) >= 11 is 0. The first-order chi connectivity index (χ1) is 13.8. The van der Waals surface area contributed by atoms with E-state index in [1.165, 1.54) is 0 Å². The molecule has 0 bridgehead atoms. The van der Waals surface area contributed by atoms with Crippen molar-refractivity contribution in [2.75, 3.05) is 5.32 Å². The van der Waals surface area contributed by atoms with Gasteiger partial charge in [-0.05, 0) is 42.5 Å². The second-order valence-corrected chi connectivity index (χ2v) is 6.06. The van der Waals surface area contributed by atoms with E-state index in [1.807, 2.05) is 48.5 Å². The topological polar surface area (TPSA) is 79.3 Å². The molecule has 4 rings (SSSR count). The van der Waals surface area contributed by atoms with Crippen LogP contribution >= 0.6 is 0 Å². The summed E-state index contributed by atoms with van der Waals surface area (Å²) in [5.74, 6) is -0.277. The van der Waals surface area contributed by atoms with Crippen LogP contribution in [0.5, 0.6) is 0 Å². The highest BCUT2D eigenvalue weighted by Crippen LogP contribution is 2.24. The highest BCUT2D eigenvalue weighted by atomic mass is 16.2. The fourth-order valence-electron chi connectivity index (χ4n) is 2.75. The molecular weight excluding hydrogens is 350 g/mol. The number of carbonyl (C=O) groups is 1. The maximum absolute atomic E-state index is 12.2. The molecule has 2 aromatic carbocycles. The van der Waals surface area contributed by atoms with Crippen LogP contribution in [-0.4, -0.2) is 22.1 Å². The Morgan fingerprint density at radius 1 is 0.929 bits per heavy atom. The highest BCUT2D eigenvalue weighted by Gasteiger charge is 2.05. The van der Waals surface area contributed by atoms with Crippen molar-refractivity contribution < 1.29 is 4.79 Å². The van der Waals surface area contributed by atoms with Gasteiger partial charge in [0.25, 0.3) is 5.91 Å². The van der Waals surface area contributed by atoms with Crippen LogP contribution in [-0.2, 0) is 0 Å². The number of benzene rings is 2. The van der Waals surface area contributed by atoms with Crippen molar-refractivity contribution in [3.05, 3.63) is 96.4 Å². The van der Waals surface area contributed by atoms with Gasteiger partial charge < -0.3 is 5.32 Å². The van der Waals surface area contributed by atoms with Gasteiger partial charge in [-0.2, -0.15) is 5.10 Å². The first kappa shape index (κ1) is 17.4. The predicted molar refractivity (Wildman–Crippen MR) is 111 cm³/mol. The molecule has 0 fully saturated rings. The van der Waals surface area contributed by atoms with Gasteiger partial charge in [0.1, 0.15) is 0 Å². The van der Waals surface area contributed by atoms with E-state index in [1.54, 1.807) is 43.0 Å². The summed E-state index contributed by atoms with van der Waals surface area (Å²) in [5, 5.41) is 8.36. The van der Waals surface area contributed by atoms with Crippen LogP contribution in [0.1, 0.15) is 15.9 Å². The van der Waals surface area contributed by atoms with Crippen molar-refractivity contribution in [2.45, 2.75) is 0 Å². The number of hydrogen-bond donors (Lipinski definition) is 2. The molecule has 0 saturated heterocycles. The molecule has 2 N–H and O–H groups in total. The number of fused-ring (bicyclic) bond motifs is 1. The lowest BCUT2D eigenvalue weighted by Gasteiger charge is -2.10. The van der Waals surface area contributed by atoms with Crippen molar-refractivity contribution in [3.8, 4) is 0 Å². The Balaban J connectivity index is 1.43. The number of aromatic nitrogens is 2. The van der Waals surface area contributed by atoms with Crippen molar-refractivity contribution in [1.82, 2.24) is 15.4 Å². The van der Waals surface area contributed by atoms with Crippen LogP contribution in [0.2, 0.25) is 0 Å². The smallest absolute Gasteiger partial charge is 0.271 e. The average molecular weight is 367 g/mol. The number of pyridine rings is 2. The van der Waals surface area contributed by atoms with Gasteiger partial charge in [0, 0.05) is 46.5 Å². The molecule has 136 valence electrons. The monoisotopic (exact) mass is 367 g/mol. The lowest BCUT2D eigenvalue weighted by Crippen LogP contribution is -2.17. The SMILES string of the molecule is O=C(NN=Cc1cccnc1)c1ccc(Nc2ccnc3ccccc23)cc1. The van der Waals surface area contributed by atoms with E-state index in [2.05, 4.69) is 25.8 Å². The molecule has 28 heavy (non-hydrogen) atoms. The molecular formula is C22H17N5O. The van der Waals surface area contributed by atoms with Crippen LogP contribution < -0.4 is 10.7 Å². The van der Waals surface area contributed by atoms with Crippen LogP contribution in [0.4, 0.5) is 11.4 Å². The number of hydrazone groups is 1. The van der Waals surface area contributed by atoms with E-state index in [-0.39, 0.29) is 5.91 Å². The molecule has 2 aromatic heterocycles. The zero-order valence-electron chi connectivity index (χ0n) is 14.9. The minimum absolute atomic E-state index is 0.277. The number of amides is 1. The molecule has 0 atom stereocenters. The number of carbonyl (C=O) groups excluding carboxylic acids is 1. The minimum Gasteiger partial charge on any atom is -0.355 e. The first-order valence-electron chi connectivity index (χ1n) is 8.74. The molecule has 0 spiro atoms. The number of para-hydroxylation sites is 1. The zero-order chi connectivity index (χ0) is 19.2. The van der Waals surface area contributed by atoms with Gasteiger partial charge in [-0.1, -0.05) is 24.3 Å². The standard InChI is InChI=1S/C22H17N5O/c28-22(27-25-15-16-4-3-12-23-14-16)17-7-9-18(10-8-17)26-21-11-13-24-20-6-2-1-5-19(20)21/h1-15H,(H,24,26)(H,27,28). The summed E-state index contributed by atoms with van der Waals surface area (Å²) in [7, 11) is 0. The average Bonchev–Trinajstić information content (AvgIpc) is 2.75. The highest BCUT2D eigenvalue weighted by molar-refractivity contribution is 5.96. The molecule has 0 aliphatic rings. The van der Waals surface area contributed by atoms with Crippen molar-refractivity contribution in [2.24, 2.45) is 5.10 Å². The Hall–Kier alpha value is -4.06. The van der Waals surface area contributed by atoms with Gasteiger partial charge in [0.05, 0.1) is 11.7 Å². The van der Waals surface area contributed by atoms with E-state index in [0.717, 1.165) is 27.8 Å². The molecule has 2 heterocycles. The molecule has 0 unspecified atom stereocenters. The Kier molecular flexibility index (Phi) is 5.02. The molecule has 4 aromatic rings. The number of rotatable bonds is 5. The van der Waals surface area contributed by atoms with Gasteiger partial charge in [-0.15, -0.1) is 0 Å². The fourth-order valence-corrected chi connectivity index (χ4v) is 2.75. The van der Waals surface area contributed by atoms with Crippen LogP contribution in [0.3, 0.4) is 0 Å². The van der Waals surface area contributed by atoms with E-state index < -0.39 is 0 Å². The van der Waals surface area contributed by atoms with Crippen LogP contribution in [0.15, 0.2) is 90.4 Å². The van der Waals surface area contributed by atoms with Crippen molar-refractivity contribution >= 4 is 34.4 Å². The molecule has 6 heteroatoms. The lowest BCUT2D eigenvalue weighted by molar-refractivity contribution is 0.0955. The third-order valence-electron chi connectivity index (χ3n) is 4.14. The summed E-state index contributed by atoms with van der Waals surface area (Å²) in [4.78, 5) is 20.6. The van der Waals surface area contributed by atoms with E-state index in [9.17, 15) is 4.79 Å². The van der Waals surface area contributed by atoms with Gasteiger partial charge in [-0.25, -0.2) is 5.43 Å². The molecule has 1 amide bonds. The van der Waals surface area contributed by atoms with Crippen LogP contribution in [0.25, 0.3) is 10.9 Å². The predicted octanol–water partition coefficient (Wildman–Crippen LogP) is 4.14. The van der Waals surface area contributed by atoms with Crippen molar-refractivity contribution in [1.29, 1.82) is 0 Å². The summed E-state index contributed by atoms with van der Waals surface area (Å²) in [6, 6.07) is 20.7. The van der Waals surface area contributed by atoms with Gasteiger partial charge in [0.15, 0.2) is 0 Å². The molecule has 0 aliphatic carbocycles. The largest absolute Gasteiger partial charge is 0.355 e. The lowest BCUT2D eigenvalue weighted by atomic mass is 10.1. The zero-order valence-corrected chi connectivity index (χ0v) is 14.9. The molecule has 6 nitrogen and oxygen atoms in total. The number of nitrogens with zero attached hydrogens (tertiary/aromatic N) is 3. The van der Waals surface area contributed by atoms with Gasteiger partial charge in [-0.3, -0.25) is 14.8 Å². The minimum atomic E-state index is -0.277. The normalized spacial score (nSPS) is 10.9. The maximum atomic E-state index is 12.2. The number of nitrogens with one attached hydrogen (secondary N) is 2. The van der Waals surface area contributed by atoms with Gasteiger partial charge in [0.2, 0.25) is 0 Å². The molecule has 0 radical (unpaired) electrons. The Labute approximate surface area is 162 Å². The Bertz CT molecular complexity index is 1120. The third kappa shape index (κ3) is 4.02. The Morgan fingerprint density at radius 3 is 2.61 bits per heavy atom. The fraction of sp³-hybridized carbons (Fsp3) is 0. The number of anilines is 2. The number of hydrogen-bond acceptors (Lipinski definition) is 5. The van der Waals surface area contributed by atoms with Crippen molar-refractivity contribution in [3.63, 3.8) is 0 Å². The third-order valence-corrected chi connectivity index (χ3v) is 4.14. The second kappa shape index (κ2) is 8.09. The summed E-state index contributed by atoms with van der Waals surface area (Å²) in [5.41, 5.74) is 6.62. The maximum Gasteiger partial charge on any atom is 0.271 e. The molecule has 0 aliphatic heterocycles. The van der Waals surface area contributed by atoms with E-state index in [4.69, 9.17) is 0 Å². The quantitative estimate of drug-likeness (QED) is 0.410. The Morgan fingerprint density at radius 2 is 1.79 bits per heavy atom.